The van der Waals surface area contributed by atoms with E-state index in [-0.39, 0.29) is 45.1 Å². The van der Waals surface area contributed by atoms with Gasteiger partial charge in [-0.05, 0) is 41.1 Å². The Balaban J connectivity index is 1.77. The van der Waals surface area contributed by atoms with Gasteiger partial charge in [0.2, 0.25) is 5.91 Å². The number of aryl methyl sites for hydroxylation is 2. The van der Waals surface area contributed by atoms with Gasteiger partial charge in [0, 0.05) is 30.1 Å². The quantitative estimate of drug-likeness (QED) is 0.357. The third-order valence-electron chi connectivity index (χ3n) is 4.68. The van der Waals surface area contributed by atoms with Crippen LogP contribution in [0.15, 0.2) is 39.5 Å². The summed E-state index contributed by atoms with van der Waals surface area (Å²) in [5.74, 6) is -1.26. The maximum atomic E-state index is 13.4. The molecule has 2 amide bonds. The van der Waals surface area contributed by atoms with E-state index in [4.69, 9.17) is 10.2 Å². The maximum Gasteiger partial charge on any atom is 0.433 e. The van der Waals surface area contributed by atoms with E-state index in [9.17, 15) is 22.8 Å². The summed E-state index contributed by atoms with van der Waals surface area (Å²) in [4.78, 5) is 28.2. The maximum absolute atomic E-state index is 13.4. The second-order valence-electron chi connectivity index (χ2n) is 7.00. The molecule has 33 heavy (non-hydrogen) atoms. The van der Waals surface area contributed by atoms with Gasteiger partial charge in [0.25, 0.3) is 5.91 Å². The lowest BCUT2D eigenvalue weighted by molar-refractivity contribution is -0.140. The second kappa shape index (κ2) is 8.63. The first-order valence-corrected chi connectivity index (χ1v) is 11.0. The molecule has 8 nitrogen and oxygen atoms in total. The van der Waals surface area contributed by atoms with Gasteiger partial charge in [-0.3, -0.25) is 14.3 Å². The highest BCUT2D eigenvalue weighted by Gasteiger charge is 2.35. The van der Waals surface area contributed by atoms with Gasteiger partial charge in [0.1, 0.15) is 21.2 Å². The summed E-state index contributed by atoms with van der Waals surface area (Å²) in [6.45, 7) is 2.05. The molecule has 0 bridgehead atoms. The number of carbonyl (C=O) groups is 2. The molecule has 4 aromatic rings. The summed E-state index contributed by atoms with van der Waals surface area (Å²) in [5, 5.41) is 7.01. The predicted octanol–water partition coefficient (Wildman–Crippen LogP) is 4.97. The first-order valence-electron chi connectivity index (χ1n) is 9.42. The standard InChI is InChI=1S/C20H15BrF3N5O3S/c1-9-11(21)8-29(28-9)5-4-14(30)27-16-15-10(12-3-2-6-32-12)7-13(20(22,23)24)26-19(15)33-17(16)18(25)31/h2-3,6-8H,4-5H2,1H3,(H2,25,31)(H,27,30). The summed E-state index contributed by atoms with van der Waals surface area (Å²) in [6.07, 6.45) is -1.72. The molecule has 0 spiro atoms. The van der Waals surface area contributed by atoms with E-state index in [1.165, 1.54) is 18.4 Å². The summed E-state index contributed by atoms with van der Waals surface area (Å²) >= 11 is 4.01. The van der Waals surface area contributed by atoms with E-state index in [2.05, 4.69) is 31.3 Å². The van der Waals surface area contributed by atoms with Gasteiger partial charge in [-0.15, -0.1) is 11.3 Å². The zero-order chi connectivity index (χ0) is 23.9. The van der Waals surface area contributed by atoms with Crippen molar-refractivity contribution in [2.24, 2.45) is 5.73 Å². The lowest BCUT2D eigenvalue weighted by atomic mass is 10.1. The number of carbonyl (C=O) groups excluding carboxylic acids is 2. The molecule has 13 heteroatoms. The number of primary amides is 1. The Hall–Kier alpha value is -3.19. The molecule has 0 aromatic carbocycles. The van der Waals surface area contributed by atoms with E-state index in [0.717, 1.165) is 16.2 Å². The van der Waals surface area contributed by atoms with Gasteiger partial charge in [-0.25, -0.2) is 4.98 Å². The summed E-state index contributed by atoms with van der Waals surface area (Å²) in [6, 6.07) is 3.80. The van der Waals surface area contributed by atoms with Gasteiger partial charge in [0.05, 0.1) is 22.1 Å². The number of fused-ring (bicyclic) bond motifs is 1. The van der Waals surface area contributed by atoms with Crippen LogP contribution in [0.3, 0.4) is 0 Å². The van der Waals surface area contributed by atoms with E-state index in [1.54, 1.807) is 17.8 Å². The van der Waals surface area contributed by atoms with Crippen LogP contribution >= 0.6 is 27.3 Å². The van der Waals surface area contributed by atoms with Crippen LogP contribution in [0.1, 0.15) is 27.5 Å². The Morgan fingerprint density at radius 2 is 2.12 bits per heavy atom. The Kier molecular flexibility index (Phi) is 6.01. The van der Waals surface area contributed by atoms with E-state index in [0.29, 0.717) is 11.3 Å². The number of hydrogen-bond donors (Lipinski definition) is 2. The average Bonchev–Trinajstić information content (AvgIpc) is 3.45. The van der Waals surface area contributed by atoms with Crippen molar-refractivity contribution in [2.45, 2.75) is 26.1 Å². The molecule has 0 fully saturated rings. The highest BCUT2D eigenvalue weighted by molar-refractivity contribution is 9.10. The number of alkyl halides is 3. The van der Waals surface area contributed by atoms with Crippen molar-refractivity contribution in [3.05, 3.63) is 51.4 Å². The second-order valence-corrected chi connectivity index (χ2v) is 8.86. The van der Waals surface area contributed by atoms with Gasteiger partial charge in [0.15, 0.2) is 0 Å². The lowest BCUT2D eigenvalue weighted by Gasteiger charge is -2.11. The third kappa shape index (κ3) is 4.64. The zero-order valence-corrected chi connectivity index (χ0v) is 19.3. The number of anilines is 1. The molecule has 4 heterocycles. The number of pyridine rings is 1. The summed E-state index contributed by atoms with van der Waals surface area (Å²) < 4.78 is 48.0. The highest BCUT2D eigenvalue weighted by Crippen LogP contribution is 2.43. The molecule has 3 N–H and O–H groups in total. The molecule has 0 aliphatic heterocycles. The van der Waals surface area contributed by atoms with Crippen LogP contribution in [0.4, 0.5) is 18.9 Å². The highest BCUT2D eigenvalue weighted by atomic mass is 79.9. The molecule has 0 atom stereocenters. The average molecular weight is 542 g/mol. The Morgan fingerprint density at radius 1 is 1.36 bits per heavy atom. The predicted molar refractivity (Wildman–Crippen MR) is 119 cm³/mol. The van der Waals surface area contributed by atoms with Crippen molar-refractivity contribution in [3.8, 4) is 11.3 Å². The van der Waals surface area contributed by atoms with Crippen molar-refractivity contribution in [2.75, 3.05) is 5.32 Å². The number of furan rings is 1. The molecule has 172 valence electrons. The number of rotatable bonds is 6. The number of nitrogens with two attached hydrogens (primary N) is 1. The number of nitrogens with one attached hydrogen (secondary N) is 1. The normalized spacial score (nSPS) is 11.8. The number of aromatic nitrogens is 3. The molecular formula is C20H15BrF3N5O3S. The first-order chi connectivity index (χ1) is 15.5. The Labute approximate surface area is 196 Å². The smallest absolute Gasteiger partial charge is 0.433 e. The molecule has 0 radical (unpaired) electrons. The molecule has 4 aromatic heterocycles. The minimum atomic E-state index is -4.73. The summed E-state index contributed by atoms with van der Waals surface area (Å²) in [7, 11) is 0. The molecular weight excluding hydrogens is 527 g/mol. The number of hydrogen-bond acceptors (Lipinski definition) is 6. The Morgan fingerprint density at radius 3 is 2.70 bits per heavy atom. The zero-order valence-electron chi connectivity index (χ0n) is 16.9. The monoisotopic (exact) mass is 541 g/mol. The topological polar surface area (TPSA) is 116 Å². The van der Waals surface area contributed by atoms with Crippen LogP contribution in [0.5, 0.6) is 0 Å². The lowest BCUT2D eigenvalue weighted by Crippen LogP contribution is -2.18. The van der Waals surface area contributed by atoms with Crippen molar-refractivity contribution >= 4 is 55.0 Å². The van der Waals surface area contributed by atoms with Gasteiger partial charge >= 0.3 is 6.18 Å². The number of amides is 2. The Bertz CT molecular complexity index is 1340. The largest absolute Gasteiger partial charge is 0.464 e. The minimum Gasteiger partial charge on any atom is -0.464 e. The van der Waals surface area contributed by atoms with Crippen LogP contribution in [-0.4, -0.2) is 26.6 Å². The molecule has 0 aliphatic carbocycles. The van der Waals surface area contributed by atoms with Crippen LogP contribution < -0.4 is 11.1 Å². The van der Waals surface area contributed by atoms with Gasteiger partial charge in [-0.2, -0.15) is 18.3 Å². The van der Waals surface area contributed by atoms with Crippen LogP contribution in [0.2, 0.25) is 0 Å². The molecule has 4 rings (SSSR count). The third-order valence-corrected chi connectivity index (χ3v) is 6.56. The fourth-order valence-electron chi connectivity index (χ4n) is 3.19. The van der Waals surface area contributed by atoms with Gasteiger partial charge < -0.3 is 15.5 Å². The van der Waals surface area contributed by atoms with Gasteiger partial charge in [-0.1, -0.05) is 0 Å². The SMILES string of the molecule is Cc1nn(CCC(=O)Nc2c(C(N)=O)sc3nc(C(F)(F)F)cc(-c4ccco4)c23)cc1Br. The van der Waals surface area contributed by atoms with E-state index >= 15 is 0 Å². The number of nitrogens with zero attached hydrogens (tertiary/aromatic N) is 3. The number of halogens is 4. The van der Waals surface area contributed by atoms with Crippen LogP contribution in [0.25, 0.3) is 21.5 Å². The number of thiophene rings is 1. The van der Waals surface area contributed by atoms with Crippen molar-refractivity contribution in [1.29, 1.82) is 0 Å². The molecule has 0 saturated heterocycles. The minimum absolute atomic E-state index is 0.00190. The van der Waals surface area contributed by atoms with Crippen molar-refractivity contribution in [3.63, 3.8) is 0 Å². The van der Waals surface area contributed by atoms with Crippen molar-refractivity contribution < 1.29 is 27.2 Å². The van der Waals surface area contributed by atoms with Crippen LogP contribution in [0, 0.1) is 6.92 Å². The molecule has 0 saturated carbocycles. The molecule has 0 aliphatic rings. The summed E-state index contributed by atoms with van der Waals surface area (Å²) in [5.41, 5.74) is 5.09. The fraction of sp³-hybridized carbons (Fsp3) is 0.200. The van der Waals surface area contributed by atoms with Crippen LogP contribution in [-0.2, 0) is 17.5 Å². The molecule has 0 unspecified atom stereocenters. The van der Waals surface area contributed by atoms with E-state index in [1.807, 2.05) is 0 Å². The van der Waals surface area contributed by atoms with Crippen molar-refractivity contribution in [1.82, 2.24) is 14.8 Å². The first kappa shape index (κ1) is 23.0. The van der Waals surface area contributed by atoms with E-state index < -0.39 is 23.7 Å². The fourth-order valence-corrected chi connectivity index (χ4v) is 4.51.